The summed E-state index contributed by atoms with van der Waals surface area (Å²) in [4.78, 5) is 6.72. The largest absolute Gasteiger partial charge is 0.479 e. The first-order valence-corrected chi connectivity index (χ1v) is 3.15. The van der Waals surface area contributed by atoms with Crippen molar-refractivity contribution in [3.63, 3.8) is 0 Å². The highest BCUT2D eigenvalue weighted by Gasteiger charge is 1.97. The van der Waals surface area contributed by atoms with E-state index in [0.717, 1.165) is 3.70 Å². The standard InChI is InChI=1S/C4H5IN2O/c1-8-4-3(5)6-2-7-4/h2H,1H3,(H,6,7). The summed E-state index contributed by atoms with van der Waals surface area (Å²) in [7, 11) is 1.60. The van der Waals surface area contributed by atoms with Gasteiger partial charge in [0, 0.05) is 0 Å². The lowest BCUT2D eigenvalue weighted by Gasteiger charge is -1.89. The highest BCUT2D eigenvalue weighted by molar-refractivity contribution is 14.1. The van der Waals surface area contributed by atoms with Crippen molar-refractivity contribution in [2.75, 3.05) is 7.11 Å². The van der Waals surface area contributed by atoms with Crippen LogP contribution in [0.1, 0.15) is 0 Å². The number of hydrogen-bond donors (Lipinski definition) is 1. The lowest BCUT2D eigenvalue weighted by molar-refractivity contribution is 0.397. The van der Waals surface area contributed by atoms with Crippen LogP contribution in [0.5, 0.6) is 5.88 Å². The Labute approximate surface area is 60.6 Å². The summed E-state index contributed by atoms with van der Waals surface area (Å²) < 4.78 is 5.77. The molecule has 0 aliphatic rings. The zero-order valence-corrected chi connectivity index (χ0v) is 6.47. The number of methoxy groups -OCH3 is 1. The van der Waals surface area contributed by atoms with Crippen LogP contribution in [0.3, 0.4) is 0 Å². The molecule has 1 aromatic rings. The SMILES string of the molecule is COc1nc[nH]c1I. The number of rotatable bonds is 1. The van der Waals surface area contributed by atoms with E-state index in [0.29, 0.717) is 5.88 Å². The van der Waals surface area contributed by atoms with Gasteiger partial charge in [-0.1, -0.05) is 0 Å². The Balaban J connectivity index is 2.92. The second-order valence-corrected chi connectivity index (χ2v) is 2.30. The van der Waals surface area contributed by atoms with Crippen LogP contribution in [-0.2, 0) is 0 Å². The van der Waals surface area contributed by atoms with E-state index in [1.165, 1.54) is 0 Å². The minimum absolute atomic E-state index is 0.658. The summed E-state index contributed by atoms with van der Waals surface area (Å²) in [5.41, 5.74) is 0. The maximum Gasteiger partial charge on any atom is 0.245 e. The van der Waals surface area contributed by atoms with Crippen LogP contribution in [0.25, 0.3) is 0 Å². The quantitative estimate of drug-likeness (QED) is 0.723. The Morgan fingerprint density at radius 1 is 1.88 bits per heavy atom. The highest BCUT2D eigenvalue weighted by atomic mass is 127. The average Bonchev–Trinajstić information content (AvgIpc) is 2.14. The van der Waals surface area contributed by atoms with Gasteiger partial charge in [-0.15, -0.1) is 0 Å². The number of nitrogens with zero attached hydrogens (tertiary/aromatic N) is 1. The zero-order valence-electron chi connectivity index (χ0n) is 4.31. The molecule has 0 spiro atoms. The van der Waals surface area contributed by atoms with Crippen molar-refractivity contribution >= 4 is 22.6 Å². The molecule has 0 aliphatic heterocycles. The van der Waals surface area contributed by atoms with Crippen LogP contribution in [0.15, 0.2) is 6.33 Å². The van der Waals surface area contributed by atoms with Crippen LogP contribution in [0, 0.1) is 3.70 Å². The third kappa shape index (κ3) is 0.936. The van der Waals surface area contributed by atoms with Gasteiger partial charge < -0.3 is 9.72 Å². The molecule has 1 N–H and O–H groups in total. The number of aromatic amines is 1. The molecule has 1 aromatic heterocycles. The van der Waals surface area contributed by atoms with E-state index in [4.69, 9.17) is 4.74 Å². The van der Waals surface area contributed by atoms with E-state index in [2.05, 4.69) is 32.6 Å². The van der Waals surface area contributed by atoms with Crippen molar-refractivity contribution in [2.45, 2.75) is 0 Å². The van der Waals surface area contributed by atoms with Gasteiger partial charge in [-0.2, -0.15) is 0 Å². The molecule has 0 bridgehead atoms. The molecule has 0 amide bonds. The molecular formula is C4H5IN2O. The molecule has 0 radical (unpaired) electrons. The van der Waals surface area contributed by atoms with Gasteiger partial charge in [0.2, 0.25) is 5.88 Å². The molecule has 44 valence electrons. The van der Waals surface area contributed by atoms with E-state index < -0.39 is 0 Å². The second-order valence-electron chi connectivity index (χ2n) is 1.23. The molecule has 1 rings (SSSR count). The molecule has 0 aliphatic carbocycles. The number of H-pyrrole nitrogens is 1. The Bertz CT molecular complexity index is 174. The number of hydrogen-bond acceptors (Lipinski definition) is 2. The summed E-state index contributed by atoms with van der Waals surface area (Å²) in [6.07, 6.45) is 1.60. The fourth-order valence-electron chi connectivity index (χ4n) is 0.408. The van der Waals surface area contributed by atoms with Crippen LogP contribution in [0.4, 0.5) is 0 Å². The van der Waals surface area contributed by atoms with Crippen molar-refractivity contribution < 1.29 is 4.74 Å². The van der Waals surface area contributed by atoms with Crippen molar-refractivity contribution in [2.24, 2.45) is 0 Å². The molecule has 0 unspecified atom stereocenters. The van der Waals surface area contributed by atoms with Gasteiger partial charge in [0.25, 0.3) is 0 Å². The van der Waals surface area contributed by atoms with E-state index in [-0.39, 0.29) is 0 Å². The first-order valence-electron chi connectivity index (χ1n) is 2.07. The van der Waals surface area contributed by atoms with E-state index in [1.54, 1.807) is 13.4 Å². The maximum atomic E-state index is 4.84. The Morgan fingerprint density at radius 3 is 2.88 bits per heavy atom. The summed E-state index contributed by atoms with van der Waals surface area (Å²) in [6, 6.07) is 0. The fraction of sp³-hybridized carbons (Fsp3) is 0.250. The normalized spacial score (nSPS) is 9.25. The summed E-state index contributed by atoms with van der Waals surface area (Å²) >= 11 is 2.11. The Hall–Kier alpha value is -0.260. The Kier molecular flexibility index (Phi) is 1.72. The van der Waals surface area contributed by atoms with Gasteiger partial charge in [0.05, 0.1) is 13.4 Å². The monoisotopic (exact) mass is 224 g/mol. The molecule has 0 saturated heterocycles. The highest BCUT2D eigenvalue weighted by Crippen LogP contribution is 2.12. The summed E-state index contributed by atoms with van der Waals surface area (Å²) in [6.45, 7) is 0. The molecule has 0 atom stereocenters. The van der Waals surface area contributed by atoms with Crippen molar-refractivity contribution in [3.05, 3.63) is 10.0 Å². The van der Waals surface area contributed by atoms with Gasteiger partial charge in [-0.3, -0.25) is 0 Å². The lowest BCUT2D eigenvalue weighted by Crippen LogP contribution is -1.83. The molecule has 0 saturated carbocycles. The summed E-state index contributed by atoms with van der Waals surface area (Å²) in [5.74, 6) is 0.658. The lowest BCUT2D eigenvalue weighted by atomic mass is 10.9. The van der Waals surface area contributed by atoms with Crippen LogP contribution >= 0.6 is 22.6 Å². The van der Waals surface area contributed by atoms with Crippen LogP contribution in [-0.4, -0.2) is 17.1 Å². The third-order valence-corrected chi connectivity index (χ3v) is 1.53. The predicted octanol–water partition coefficient (Wildman–Crippen LogP) is 1.02. The fourth-order valence-corrected chi connectivity index (χ4v) is 0.907. The number of ether oxygens (including phenoxy) is 1. The maximum absolute atomic E-state index is 4.84. The molecule has 8 heavy (non-hydrogen) atoms. The molecular weight excluding hydrogens is 219 g/mol. The van der Waals surface area contributed by atoms with Crippen molar-refractivity contribution in [3.8, 4) is 5.88 Å². The smallest absolute Gasteiger partial charge is 0.245 e. The third-order valence-electron chi connectivity index (χ3n) is 0.754. The number of aromatic nitrogens is 2. The van der Waals surface area contributed by atoms with Crippen LogP contribution < -0.4 is 4.74 Å². The predicted molar refractivity (Wildman–Crippen MR) is 37.9 cm³/mol. The molecule has 0 aromatic carbocycles. The van der Waals surface area contributed by atoms with Crippen molar-refractivity contribution in [1.82, 2.24) is 9.97 Å². The molecule has 4 heteroatoms. The first kappa shape index (κ1) is 5.87. The van der Waals surface area contributed by atoms with Gasteiger partial charge in [-0.05, 0) is 22.6 Å². The van der Waals surface area contributed by atoms with E-state index in [1.807, 2.05) is 0 Å². The van der Waals surface area contributed by atoms with Gasteiger partial charge in [-0.25, -0.2) is 4.98 Å². The van der Waals surface area contributed by atoms with Gasteiger partial charge >= 0.3 is 0 Å². The molecule has 0 fully saturated rings. The van der Waals surface area contributed by atoms with Crippen molar-refractivity contribution in [1.29, 1.82) is 0 Å². The van der Waals surface area contributed by atoms with E-state index >= 15 is 0 Å². The number of halogens is 1. The van der Waals surface area contributed by atoms with Crippen LogP contribution in [0.2, 0.25) is 0 Å². The second kappa shape index (κ2) is 2.34. The number of imidazole rings is 1. The molecule has 1 heterocycles. The van der Waals surface area contributed by atoms with E-state index in [9.17, 15) is 0 Å². The summed E-state index contributed by atoms with van der Waals surface area (Å²) in [5, 5.41) is 0. The van der Waals surface area contributed by atoms with Gasteiger partial charge in [0.1, 0.15) is 3.70 Å². The Morgan fingerprint density at radius 2 is 2.62 bits per heavy atom. The zero-order chi connectivity index (χ0) is 5.98. The van der Waals surface area contributed by atoms with Gasteiger partial charge in [0.15, 0.2) is 0 Å². The topological polar surface area (TPSA) is 37.9 Å². The molecule has 3 nitrogen and oxygen atoms in total. The number of nitrogens with one attached hydrogen (secondary N) is 1. The average molecular weight is 224 g/mol. The first-order chi connectivity index (χ1) is 3.84. The minimum Gasteiger partial charge on any atom is -0.479 e. The minimum atomic E-state index is 0.658.